The van der Waals surface area contributed by atoms with Crippen LogP contribution in [0.1, 0.15) is 6.92 Å². The van der Waals surface area contributed by atoms with Crippen molar-refractivity contribution in [3.8, 4) is 0 Å². The van der Waals surface area contributed by atoms with E-state index in [0.29, 0.717) is 6.54 Å². The topological polar surface area (TPSA) is 20.3 Å². The van der Waals surface area contributed by atoms with Crippen molar-refractivity contribution >= 4 is 6.29 Å². The van der Waals surface area contributed by atoms with Gasteiger partial charge in [0.05, 0.1) is 0 Å². The number of likely N-dealkylation sites (N-methyl/N-ethyl adjacent to an activating group) is 1. The van der Waals surface area contributed by atoms with Crippen molar-refractivity contribution in [1.82, 2.24) is 4.90 Å². The zero-order valence-corrected chi connectivity index (χ0v) is 6.33. The molecule has 0 atom stereocenters. The SMILES string of the molecule is CCN(C)C[C-]=O.[Mn]. The van der Waals surface area contributed by atoms with E-state index in [2.05, 4.69) is 0 Å². The van der Waals surface area contributed by atoms with E-state index in [4.69, 9.17) is 0 Å². The van der Waals surface area contributed by atoms with Crippen LogP contribution in [0.15, 0.2) is 0 Å². The van der Waals surface area contributed by atoms with Gasteiger partial charge < -0.3 is 9.69 Å². The van der Waals surface area contributed by atoms with Crippen molar-refractivity contribution in [2.45, 2.75) is 6.92 Å². The predicted molar refractivity (Wildman–Crippen MR) is 28.9 cm³/mol. The zero-order valence-electron chi connectivity index (χ0n) is 5.15. The second kappa shape index (κ2) is 7.15. The Morgan fingerprint density at radius 1 is 1.62 bits per heavy atom. The first-order chi connectivity index (χ1) is 3.31. The minimum atomic E-state index is 0. The van der Waals surface area contributed by atoms with Gasteiger partial charge in [0.2, 0.25) is 0 Å². The molecule has 0 unspecified atom stereocenters. The fourth-order valence-corrected chi connectivity index (χ4v) is 0.222. The smallest absolute Gasteiger partial charge is 0 e. The van der Waals surface area contributed by atoms with Crippen LogP contribution in [0, 0.1) is 0 Å². The Hall–Kier alpha value is 0.149. The van der Waals surface area contributed by atoms with Gasteiger partial charge >= 0.3 is 0 Å². The third-order valence-corrected chi connectivity index (χ3v) is 0.874. The predicted octanol–water partition coefficient (Wildman–Crippen LogP) is 0.0453. The molecule has 0 bridgehead atoms. The third kappa shape index (κ3) is 6.15. The fraction of sp³-hybridized carbons (Fsp3) is 0.800. The molecule has 0 rings (SSSR count). The molecule has 0 N–H and O–H groups in total. The van der Waals surface area contributed by atoms with Crippen LogP contribution in [0.5, 0.6) is 0 Å². The first kappa shape index (κ1) is 11.0. The van der Waals surface area contributed by atoms with Gasteiger partial charge in [0.15, 0.2) is 0 Å². The molecule has 0 aromatic heterocycles. The first-order valence-electron chi connectivity index (χ1n) is 2.34. The summed E-state index contributed by atoms with van der Waals surface area (Å²) in [5.41, 5.74) is 0. The average molecular weight is 155 g/mol. The second-order valence-corrected chi connectivity index (χ2v) is 1.47. The molecular weight excluding hydrogens is 145 g/mol. The summed E-state index contributed by atoms with van der Waals surface area (Å²) in [7, 11) is 1.88. The standard InChI is InChI=1S/C5H10NO.Mn/c1-3-6(2)4-5-7;/h3-4H2,1-2H3;/q-1;. The first-order valence-corrected chi connectivity index (χ1v) is 2.34. The molecule has 0 amide bonds. The molecule has 1 radical (unpaired) electrons. The minimum Gasteiger partial charge on any atom is -0.541 e. The van der Waals surface area contributed by atoms with Crippen LogP contribution in [0.4, 0.5) is 0 Å². The van der Waals surface area contributed by atoms with E-state index in [9.17, 15) is 4.79 Å². The van der Waals surface area contributed by atoms with Crippen molar-refractivity contribution in [1.29, 1.82) is 0 Å². The van der Waals surface area contributed by atoms with Crippen molar-refractivity contribution < 1.29 is 21.9 Å². The molecule has 2 nitrogen and oxygen atoms in total. The van der Waals surface area contributed by atoms with E-state index in [1.54, 1.807) is 6.29 Å². The van der Waals surface area contributed by atoms with Gasteiger partial charge in [0.25, 0.3) is 0 Å². The Bertz CT molecular complexity index is 58.4. The van der Waals surface area contributed by atoms with Crippen LogP contribution in [-0.2, 0) is 21.9 Å². The molecule has 49 valence electrons. The van der Waals surface area contributed by atoms with Crippen molar-refractivity contribution in [2.24, 2.45) is 0 Å². The minimum absolute atomic E-state index is 0. The van der Waals surface area contributed by atoms with E-state index in [-0.39, 0.29) is 17.1 Å². The van der Waals surface area contributed by atoms with Gasteiger partial charge in [-0.1, -0.05) is 13.5 Å². The second-order valence-electron chi connectivity index (χ2n) is 1.47. The van der Waals surface area contributed by atoms with Crippen molar-refractivity contribution in [2.75, 3.05) is 20.1 Å². The maximum Gasteiger partial charge on any atom is 0 e. The van der Waals surface area contributed by atoms with Gasteiger partial charge in [-0.15, -0.1) is 0 Å². The largest absolute Gasteiger partial charge is 0.541 e. The molecule has 0 aromatic carbocycles. The summed E-state index contributed by atoms with van der Waals surface area (Å²) >= 11 is 0. The summed E-state index contributed by atoms with van der Waals surface area (Å²) in [4.78, 5) is 11.5. The molecule has 0 heterocycles. The molecule has 0 aliphatic carbocycles. The Kier molecular flexibility index (Phi) is 9.84. The average Bonchev–Trinajstić information content (AvgIpc) is 1.68. The molecule has 0 aromatic rings. The molecule has 0 saturated heterocycles. The molecule has 8 heavy (non-hydrogen) atoms. The quantitative estimate of drug-likeness (QED) is 0.423. The van der Waals surface area contributed by atoms with Gasteiger partial charge in [-0.05, 0) is 13.6 Å². The van der Waals surface area contributed by atoms with Crippen molar-refractivity contribution in [3.05, 3.63) is 0 Å². The van der Waals surface area contributed by atoms with Crippen LogP contribution >= 0.6 is 0 Å². The molecule has 3 heteroatoms. The molecule has 0 aliphatic heterocycles. The number of nitrogens with zero attached hydrogens (tertiary/aromatic N) is 1. The summed E-state index contributed by atoms with van der Waals surface area (Å²) < 4.78 is 0. The van der Waals surface area contributed by atoms with Crippen LogP contribution in [0.3, 0.4) is 0 Å². The van der Waals surface area contributed by atoms with Gasteiger partial charge in [-0.3, -0.25) is 0 Å². The van der Waals surface area contributed by atoms with Gasteiger partial charge in [0.1, 0.15) is 0 Å². The summed E-state index contributed by atoms with van der Waals surface area (Å²) in [5.74, 6) is 0. The van der Waals surface area contributed by atoms with E-state index in [1.807, 2.05) is 18.9 Å². The van der Waals surface area contributed by atoms with E-state index >= 15 is 0 Å². The maximum atomic E-state index is 9.61. The Morgan fingerprint density at radius 2 is 2.12 bits per heavy atom. The normalized spacial score (nSPS) is 8.38. The monoisotopic (exact) mass is 155 g/mol. The zero-order chi connectivity index (χ0) is 5.70. The third-order valence-electron chi connectivity index (χ3n) is 0.874. The number of carbonyl (C=O) groups excluding carboxylic acids is 1. The number of hydrogen-bond donors (Lipinski definition) is 0. The maximum absolute atomic E-state index is 9.61. The molecule has 0 fully saturated rings. The van der Waals surface area contributed by atoms with E-state index in [0.717, 1.165) is 6.54 Å². The molecule has 0 saturated carbocycles. The Balaban J connectivity index is 0. The van der Waals surface area contributed by atoms with Crippen LogP contribution in [0.2, 0.25) is 0 Å². The van der Waals surface area contributed by atoms with E-state index in [1.165, 1.54) is 0 Å². The van der Waals surface area contributed by atoms with Gasteiger partial charge in [-0.2, -0.15) is 0 Å². The summed E-state index contributed by atoms with van der Waals surface area (Å²) in [6.07, 6.45) is 1.79. The number of hydrogen-bond acceptors (Lipinski definition) is 2. The van der Waals surface area contributed by atoms with Crippen LogP contribution < -0.4 is 0 Å². The van der Waals surface area contributed by atoms with E-state index < -0.39 is 0 Å². The fourth-order valence-electron chi connectivity index (χ4n) is 0.222. The Morgan fingerprint density at radius 3 is 2.25 bits per heavy atom. The van der Waals surface area contributed by atoms with Crippen LogP contribution in [-0.4, -0.2) is 31.3 Å². The summed E-state index contributed by atoms with van der Waals surface area (Å²) in [6, 6.07) is 0. The molecule has 0 spiro atoms. The van der Waals surface area contributed by atoms with Gasteiger partial charge in [-0.25, -0.2) is 6.29 Å². The molecule has 0 aliphatic rings. The van der Waals surface area contributed by atoms with Crippen molar-refractivity contribution in [3.63, 3.8) is 0 Å². The summed E-state index contributed by atoms with van der Waals surface area (Å²) in [6.45, 7) is 3.34. The van der Waals surface area contributed by atoms with Crippen LogP contribution in [0.25, 0.3) is 0 Å². The molecular formula is C5H10MnNO-. The Labute approximate surface area is 60.7 Å². The van der Waals surface area contributed by atoms with Gasteiger partial charge in [0, 0.05) is 17.1 Å². The summed E-state index contributed by atoms with van der Waals surface area (Å²) in [5, 5.41) is 0. The number of rotatable bonds is 3.